The van der Waals surface area contributed by atoms with E-state index in [4.69, 9.17) is 0 Å². The topological polar surface area (TPSA) is 52.6 Å². The maximum Gasteiger partial charge on any atom is 0.516 e. The van der Waals surface area contributed by atoms with E-state index in [9.17, 15) is 9.59 Å². The Morgan fingerprint density at radius 2 is 1.71 bits per heavy atom. The molecule has 14 heavy (non-hydrogen) atoms. The highest BCUT2D eigenvalue weighted by Crippen LogP contribution is 2.15. The third kappa shape index (κ3) is 5.56. The summed E-state index contributed by atoms with van der Waals surface area (Å²) in [5.41, 5.74) is -0.684. The molecule has 0 aliphatic rings. The fraction of sp³-hybridized carbons (Fsp3) is 0.800. The highest BCUT2D eigenvalue weighted by molar-refractivity contribution is 5.85. The van der Waals surface area contributed by atoms with Crippen LogP contribution in [0.2, 0.25) is 0 Å². The Bertz CT molecular complexity index is 213. The van der Waals surface area contributed by atoms with E-state index < -0.39 is 17.5 Å². The predicted molar refractivity (Wildman–Crippen MR) is 51.7 cm³/mol. The average molecular weight is 202 g/mol. The lowest BCUT2D eigenvalue weighted by atomic mass is 9.98. The molecule has 4 heteroatoms. The summed E-state index contributed by atoms with van der Waals surface area (Å²) in [7, 11) is 0. The summed E-state index contributed by atoms with van der Waals surface area (Å²) in [6.07, 6.45) is -0.918. The number of hydrogen-bond donors (Lipinski definition) is 0. The van der Waals surface area contributed by atoms with Crippen molar-refractivity contribution in [2.75, 3.05) is 6.61 Å². The van der Waals surface area contributed by atoms with Crippen LogP contribution in [0.1, 0.15) is 34.6 Å². The number of carbonyl (C=O) groups excluding carboxylic acids is 2. The zero-order valence-electron chi connectivity index (χ0n) is 9.42. The molecule has 0 bridgehead atoms. The van der Waals surface area contributed by atoms with E-state index in [1.807, 2.05) is 13.8 Å². The van der Waals surface area contributed by atoms with Gasteiger partial charge >= 0.3 is 12.1 Å². The van der Waals surface area contributed by atoms with E-state index in [2.05, 4.69) is 9.47 Å². The molecule has 0 atom stereocenters. The van der Waals surface area contributed by atoms with Crippen LogP contribution in [0, 0.1) is 11.3 Å². The molecule has 0 rings (SSSR count). The molecular weight excluding hydrogens is 184 g/mol. The van der Waals surface area contributed by atoms with Crippen LogP contribution in [0.15, 0.2) is 0 Å². The minimum atomic E-state index is -0.918. The zero-order valence-corrected chi connectivity index (χ0v) is 9.42. The Labute approximate surface area is 84.6 Å². The largest absolute Gasteiger partial charge is 0.516 e. The maximum absolute atomic E-state index is 11.2. The molecule has 0 fully saturated rings. The first-order chi connectivity index (χ1) is 6.23. The molecule has 0 aliphatic carbocycles. The number of rotatable bonds is 2. The van der Waals surface area contributed by atoms with Crippen molar-refractivity contribution in [1.82, 2.24) is 0 Å². The smallest absolute Gasteiger partial charge is 0.434 e. The molecule has 4 nitrogen and oxygen atoms in total. The Morgan fingerprint density at radius 1 is 1.21 bits per heavy atom. The van der Waals surface area contributed by atoms with Gasteiger partial charge in [-0.3, -0.25) is 4.79 Å². The summed E-state index contributed by atoms with van der Waals surface area (Å²) >= 11 is 0. The second-order valence-electron chi connectivity index (χ2n) is 4.59. The first kappa shape index (κ1) is 12.9. The standard InChI is InChI=1S/C10H18O4/c1-7(2)6-13-9(12)14-8(11)10(3,4)5/h7H,6H2,1-5H3. The summed E-state index contributed by atoms with van der Waals surface area (Å²) < 4.78 is 9.15. The lowest BCUT2D eigenvalue weighted by molar-refractivity contribution is -0.148. The van der Waals surface area contributed by atoms with Crippen LogP contribution in [0.25, 0.3) is 0 Å². The van der Waals surface area contributed by atoms with Crippen LogP contribution in [0.5, 0.6) is 0 Å². The predicted octanol–water partition coefficient (Wildman–Crippen LogP) is 2.37. The molecule has 0 radical (unpaired) electrons. The molecule has 82 valence electrons. The van der Waals surface area contributed by atoms with Crippen molar-refractivity contribution in [3.8, 4) is 0 Å². The van der Waals surface area contributed by atoms with Crippen molar-refractivity contribution >= 4 is 12.1 Å². The van der Waals surface area contributed by atoms with Crippen LogP contribution in [-0.2, 0) is 14.3 Å². The quantitative estimate of drug-likeness (QED) is 0.509. The van der Waals surface area contributed by atoms with Crippen molar-refractivity contribution in [2.24, 2.45) is 11.3 Å². The normalized spacial score (nSPS) is 11.3. The van der Waals surface area contributed by atoms with E-state index in [0.29, 0.717) is 0 Å². The molecule has 0 spiro atoms. The number of hydrogen-bond acceptors (Lipinski definition) is 4. The second kappa shape index (κ2) is 4.98. The van der Waals surface area contributed by atoms with Gasteiger partial charge in [-0.2, -0.15) is 0 Å². The molecule has 0 N–H and O–H groups in total. The molecule has 0 aromatic carbocycles. The van der Waals surface area contributed by atoms with E-state index >= 15 is 0 Å². The van der Waals surface area contributed by atoms with Crippen molar-refractivity contribution < 1.29 is 19.1 Å². The van der Waals surface area contributed by atoms with Crippen molar-refractivity contribution in [3.05, 3.63) is 0 Å². The fourth-order valence-electron chi connectivity index (χ4n) is 0.493. The molecule has 0 saturated heterocycles. The molecule has 0 heterocycles. The summed E-state index contributed by atoms with van der Waals surface area (Å²) in [6.45, 7) is 9.08. The third-order valence-electron chi connectivity index (χ3n) is 1.32. The first-order valence-electron chi connectivity index (χ1n) is 4.62. The Hall–Kier alpha value is -1.06. The van der Waals surface area contributed by atoms with Crippen LogP contribution in [-0.4, -0.2) is 18.7 Å². The molecule has 0 aromatic rings. The van der Waals surface area contributed by atoms with E-state index in [1.54, 1.807) is 20.8 Å². The first-order valence-corrected chi connectivity index (χ1v) is 4.62. The van der Waals surface area contributed by atoms with Gasteiger partial charge in [-0.1, -0.05) is 13.8 Å². The number of carbonyl (C=O) groups is 2. The van der Waals surface area contributed by atoms with Gasteiger partial charge in [0.25, 0.3) is 0 Å². The number of esters is 1. The van der Waals surface area contributed by atoms with Crippen LogP contribution in [0.4, 0.5) is 4.79 Å². The molecule has 0 saturated carbocycles. The Balaban J connectivity index is 3.90. The summed E-state index contributed by atoms with van der Waals surface area (Å²) in [5.74, 6) is -0.349. The van der Waals surface area contributed by atoms with E-state index in [-0.39, 0.29) is 12.5 Å². The van der Waals surface area contributed by atoms with Crippen molar-refractivity contribution in [3.63, 3.8) is 0 Å². The summed E-state index contributed by atoms with van der Waals surface area (Å²) in [4.78, 5) is 22.1. The Kier molecular flexibility index (Phi) is 4.60. The van der Waals surface area contributed by atoms with Crippen molar-refractivity contribution in [1.29, 1.82) is 0 Å². The van der Waals surface area contributed by atoms with E-state index in [0.717, 1.165) is 0 Å². The Morgan fingerprint density at radius 3 is 2.07 bits per heavy atom. The second-order valence-corrected chi connectivity index (χ2v) is 4.59. The number of ether oxygens (including phenoxy) is 2. The molecule has 0 aliphatic heterocycles. The minimum Gasteiger partial charge on any atom is -0.434 e. The minimum absolute atomic E-state index is 0.229. The molecule has 0 amide bonds. The van der Waals surface area contributed by atoms with E-state index in [1.165, 1.54) is 0 Å². The lowest BCUT2D eigenvalue weighted by Crippen LogP contribution is -2.26. The zero-order chi connectivity index (χ0) is 11.4. The summed E-state index contributed by atoms with van der Waals surface area (Å²) in [6, 6.07) is 0. The SMILES string of the molecule is CC(C)COC(=O)OC(=O)C(C)(C)C. The van der Waals surface area contributed by atoms with Gasteiger partial charge in [0.05, 0.1) is 12.0 Å². The van der Waals surface area contributed by atoms with Gasteiger partial charge in [0.15, 0.2) is 0 Å². The van der Waals surface area contributed by atoms with Gasteiger partial charge in [-0.15, -0.1) is 0 Å². The van der Waals surface area contributed by atoms with Crippen molar-refractivity contribution in [2.45, 2.75) is 34.6 Å². The molecular formula is C10H18O4. The van der Waals surface area contributed by atoms with Crippen LogP contribution < -0.4 is 0 Å². The third-order valence-corrected chi connectivity index (χ3v) is 1.32. The van der Waals surface area contributed by atoms with Gasteiger partial charge in [0.2, 0.25) is 0 Å². The molecule has 0 unspecified atom stereocenters. The van der Waals surface area contributed by atoms with Gasteiger partial charge in [0, 0.05) is 0 Å². The monoisotopic (exact) mass is 202 g/mol. The average Bonchev–Trinajstić information content (AvgIpc) is 1.99. The van der Waals surface area contributed by atoms with Gasteiger partial charge < -0.3 is 9.47 Å². The van der Waals surface area contributed by atoms with Gasteiger partial charge in [-0.05, 0) is 26.7 Å². The van der Waals surface area contributed by atoms with Crippen LogP contribution >= 0.6 is 0 Å². The maximum atomic E-state index is 11.2. The highest BCUT2D eigenvalue weighted by atomic mass is 16.7. The van der Waals surface area contributed by atoms with Crippen LogP contribution in [0.3, 0.4) is 0 Å². The highest BCUT2D eigenvalue weighted by Gasteiger charge is 2.26. The summed E-state index contributed by atoms with van der Waals surface area (Å²) in [5, 5.41) is 0. The molecule has 0 aromatic heterocycles. The van der Waals surface area contributed by atoms with Gasteiger partial charge in [0.1, 0.15) is 0 Å². The van der Waals surface area contributed by atoms with Gasteiger partial charge in [-0.25, -0.2) is 4.79 Å². The fourth-order valence-corrected chi connectivity index (χ4v) is 0.493. The lowest BCUT2D eigenvalue weighted by Gasteiger charge is -2.15.